The van der Waals surface area contributed by atoms with Crippen molar-refractivity contribution in [3.8, 4) is 11.5 Å². The SMILES string of the molecule is O=C1NN(c2ccccc2)C(=O)/C1=C/c1ccccc1OCCCOc1ccc(Cl)cc1. The van der Waals surface area contributed by atoms with Crippen LogP contribution in [0.15, 0.2) is 84.4 Å². The first kappa shape index (κ1) is 21.5. The van der Waals surface area contributed by atoms with Gasteiger partial charge in [-0.2, -0.15) is 0 Å². The molecule has 32 heavy (non-hydrogen) atoms. The van der Waals surface area contributed by atoms with Gasteiger partial charge in [0.25, 0.3) is 11.8 Å². The molecule has 0 saturated carbocycles. The minimum Gasteiger partial charge on any atom is -0.493 e. The number of para-hydroxylation sites is 2. The van der Waals surface area contributed by atoms with Crippen LogP contribution in [0.1, 0.15) is 12.0 Å². The second-order valence-corrected chi connectivity index (χ2v) is 7.45. The van der Waals surface area contributed by atoms with E-state index in [1.807, 2.05) is 30.3 Å². The molecule has 162 valence electrons. The van der Waals surface area contributed by atoms with E-state index in [2.05, 4.69) is 5.43 Å². The van der Waals surface area contributed by atoms with Crippen molar-refractivity contribution in [3.05, 3.63) is 95.0 Å². The molecule has 0 spiro atoms. The molecule has 0 aliphatic carbocycles. The van der Waals surface area contributed by atoms with Crippen molar-refractivity contribution in [1.29, 1.82) is 0 Å². The van der Waals surface area contributed by atoms with E-state index in [0.29, 0.717) is 41.7 Å². The van der Waals surface area contributed by atoms with E-state index in [-0.39, 0.29) is 5.57 Å². The van der Waals surface area contributed by atoms with E-state index >= 15 is 0 Å². The molecule has 1 fully saturated rings. The topological polar surface area (TPSA) is 67.9 Å². The summed E-state index contributed by atoms with van der Waals surface area (Å²) in [6.07, 6.45) is 2.22. The Kier molecular flexibility index (Phi) is 6.72. The van der Waals surface area contributed by atoms with Gasteiger partial charge in [0.15, 0.2) is 0 Å². The molecule has 2 amide bonds. The fraction of sp³-hybridized carbons (Fsp3) is 0.120. The Labute approximate surface area is 191 Å². The third kappa shape index (κ3) is 5.10. The number of nitrogens with one attached hydrogen (secondary N) is 1. The fourth-order valence-electron chi connectivity index (χ4n) is 3.16. The van der Waals surface area contributed by atoms with Gasteiger partial charge < -0.3 is 9.47 Å². The lowest BCUT2D eigenvalue weighted by Gasteiger charge is -2.14. The summed E-state index contributed by atoms with van der Waals surface area (Å²) in [6.45, 7) is 0.905. The molecule has 6 nitrogen and oxygen atoms in total. The van der Waals surface area contributed by atoms with Gasteiger partial charge >= 0.3 is 0 Å². The Bertz CT molecular complexity index is 1130. The first-order chi connectivity index (χ1) is 15.6. The number of carbonyl (C=O) groups excluding carboxylic acids is 2. The predicted octanol–water partition coefficient (Wildman–Crippen LogP) is 4.65. The highest BCUT2D eigenvalue weighted by Gasteiger charge is 2.34. The molecule has 0 aromatic heterocycles. The maximum absolute atomic E-state index is 12.8. The van der Waals surface area contributed by atoms with Gasteiger partial charge in [0.2, 0.25) is 0 Å². The zero-order valence-corrected chi connectivity index (χ0v) is 17.9. The average molecular weight is 449 g/mol. The number of nitrogens with zero attached hydrogens (tertiary/aromatic N) is 1. The van der Waals surface area contributed by atoms with Gasteiger partial charge in [0.05, 0.1) is 18.9 Å². The number of hydrogen-bond acceptors (Lipinski definition) is 4. The zero-order chi connectivity index (χ0) is 22.3. The number of hydrazine groups is 1. The van der Waals surface area contributed by atoms with Crippen molar-refractivity contribution in [3.63, 3.8) is 0 Å². The van der Waals surface area contributed by atoms with Crippen LogP contribution < -0.4 is 19.9 Å². The standard InChI is InChI=1S/C25H21ClN2O4/c26-19-11-13-21(14-12-19)31-15-6-16-32-23-10-5-4-7-18(23)17-22-24(29)27-28(25(22)30)20-8-2-1-3-9-20/h1-5,7-14,17H,6,15-16H2,(H,27,29)/b22-17+. The van der Waals surface area contributed by atoms with Crippen molar-refractivity contribution in [2.45, 2.75) is 6.42 Å². The number of carbonyl (C=O) groups is 2. The van der Waals surface area contributed by atoms with Crippen LogP contribution in [0.25, 0.3) is 6.08 Å². The lowest BCUT2D eigenvalue weighted by atomic mass is 10.1. The van der Waals surface area contributed by atoms with E-state index in [0.717, 1.165) is 5.75 Å². The number of halogens is 1. The van der Waals surface area contributed by atoms with Gasteiger partial charge in [-0.1, -0.05) is 48.0 Å². The largest absolute Gasteiger partial charge is 0.493 e. The smallest absolute Gasteiger partial charge is 0.282 e. The monoisotopic (exact) mass is 448 g/mol. The molecule has 0 bridgehead atoms. The maximum Gasteiger partial charge on any atom is 0.282 e. The summed E-state index contributed by atoms with van der Waals surface area (Å²) in [7, 11) is 0. The molecule has 3 aromatic carbocycles. The summed E-state index contributed by atoms with van der Waals surface area (Å²) in [5, 5.41) is 1.90. The Hall–Kier alpha value is -3.77. The lowest BCUT2D eigenvalue weighted by molar-refractivity contribution is -0.117. The van der Waals surface area contributed by atoms with Crippen LogP contribution in [0.4, 0.5) is 5.69 Å². The second-order valence-electron chi connectivity index (χ2n) is 7.02. The molecule has 3 aromatic rings. The van der Waals surface area contributed by atoms with E-state index < -0.39 is 11.8 Å². The van der Waals surface area contributed by atoms with Gasteiger partial charge in [0.1, 0.15) is 17.1 Å². The van der Waals surface area contributed by atoms with Crippen LogP contribution in [-0.4, -0.2) is 25.0 Å². The molecule has 1 N–H and O–H groups in total. The minimum absolute atomic E-state index is 0.0518. The number of hydrogen-bond donors (Lipinski definition) is 1. The summed E-state index contributed by atoms with van der Waals surface area (Å²) in [6, 6.07) is 23.4. The van der Waals surface area contributed by atoms with Crippen molar-refractivity contribution >= 4 is 35.2 Å². The normalized spacial score (nSPS) is 14.5. The number of anilines is 1. The molecular formula is C25H21ClN2O4. The fourth-order valence-corrected chi connectivity index (χ4v) is 3.29. The summed E-state index contributed by atoms with van der Waals surface area (Å²) in [4.78, 5) is 25.2. The van der Waals surface area contributed by atoms with E-state index in [1.54, 1.807) is 54.6 Å². The number of ether oxygens (including phenoxy) is 2. The first-order valence-electron chi connectivity index (χ1n) is 10.1. The quantitative estimate of drug-likeness (QED) is 0.309. The van der Waals surface area contributed by atoms with Gasteiger partial charge in [-0.05, 0) is 48.5 Å². The average Bonchev–Trinajstić information content (AvgIpc) is 3.10. The number of amides is 2. The van der Waals surface area contributed by atoms with E-state index in [4.69, 9.17) is 21.1 Å². The van der Waals surface area contributed by atoms with Gasteiger partial charge in [-0.25, -0.2) is 5.01 Å². The van der Waals surface area contributed by atoms with Crippen LogP contribution in [0.5, 0.6) is 11.5 Å². The molecule has 0 atom stereocenters. The Morgan fingerprint density at radius 1 is 0.844 bits per heavy atom. The molecular weight excluding hydrogens is 428 g/mol. The van der Waals surface area contributed by atoms with Crippen LogP contribution >= 0.6 is 11.6 Å². The van der Waals surface area contributed by atoms with E-state index in [9.17, 15) is 9.59 Å². The maximum atomic E-state index is 12.8. The van der Waals surface area contributed by atoms with Crippen LogP contribution in [-0.2, 0) is 9.59 Å². The third-order valence-electron chi connectivity index (χ3n) is 4.75. The van der Waals surface area contributed by atoms with E-state index in [1.165, 1.54) is 5.01 Å². The molecule has 4 rings (SSSR count). The van der Waals surface area contributed by atoms with Crippen molar-refractivity contribution < 1.29 is 19.1 Å². The summed E-state index contributed by atoms with van der Waals surface area (Å²) < 4.78 is 11.5. The first-order valence-corrected chi connectivity index (χ1v) is 10.5. The van der Waals surface area contributed by atoms with Crippen LogP contribution in [0.3, 0.4) is 0 Å². The molecule has 0 radical (unpaired) electrons. The Balaban J connectivity index is 1.38. The third-order valence-corrected chi connectivity index (χ3v) is 5.01. The van der Waals surface area contributed by atoms with Crippen LogP contribution in [0, 0.1) is 0 Å². The summed E-state index contributed by atoms with van der Waals surface area (Å²) in [5.74, 6) is 0.468. The number of benzene rings is 3. The molecule has 7 heteroatoms. The summed E-state index contributed by atoms with van der Waals surface area (Å²) >= 11 is 5.87. The molecule has 1 aliphatic rings. The van der Waals surface area contributed by atoms with Crippen LogP contribution in [0.2, 0.25) is 5.02 Å². The van der Waals surface area contributed by atoms with Crippen molar-refractivity contribution in [2.24, 2.45) is 0 Å². The number of rotatable bonds is 8. The zero-order valence-electron chi connectivity index (χ0n) is 17.2. The van der Waals surface area contributed by atoms with Crippen molar-refractivity contribution in [1.82, 2.24) is 5.43 Å². The van der Waals surface area contributed by atoms with Gasteiger partial charge in [-0.3, -0.25) is 15.0 Å². The predicted molar refractivity (Wildman–Crippen MR) is 124 cm³/mol. The lowest BCUT2D eigenvalue weighted by Crippen LogP contribution is -2.35. The summed E-state index contributed by atoms with van der Waals surface area (Å²) in [5.41, 5.74) is 3.90. The molecule has 1 heterocycles. The second kappa shape index (κ2) is 10.0. The molecule has 0 unspecified atom stereocenters. The van der Waals surface area contributed by atoms with Gasteiger partial charge in [-0.15, -0.1) is 0 Å². The highest BCUT2D eigenvalue weighted by Crippen LogP contribution is 2.25. The Morgan fingerprint density at radius 3 is 2.31 bits per heavy atom. The highest BCUT2D eigenvalue weighted by molar-refractivity contribution is 6.31. The highest BCUT2D eigenvalue weighted by atomic mass is 35.5. The minimum atomic E-state index is -0.454. The van der Waals surface area contributed by atoms with Crippen molar-refractivity contribution in [2.75, 3.05) is 18.2 Å². The molecule has 1 saturated heterocycles. The van der Waals surface area contributed by atoms with Gasteiger partial charge in [0, 0.05) is 17.0 Å². The Morgan fingerprint density at radius 2 is 1.53 bits per heavy atom. The molecule has 1 aliphatic heterocycles.